The first-order chi connectivity index (χ1) is 17.8. The number of benzene rings is 1. The van der Waals surface area contributed by atoms with E-state index in [1.165, 1.54) is 5.69 Å². The van der Waals surface area contributed by atoms with Crippen molar-refractivity contribution >= 4 is 11.7 Å². The van der Waals surface area contributed by atoms with Crippen LogP contribution in [0.4, 0.5) is 10.5 Å². The molecule has 37 heavy (non-hydrogen) atoms. The summed E-state index contributed by atoms with van der Waals surface area (Å²) in [4.78, 5) is 18.1. The molecule has 4 fully saturated rings. The average Bonchev–Trinajstić information content (AvgIpc) is 3.10. The normalized spacial score (nSPS) is 34.8. The average molecular weight is 512 g/mol. The van der Waals surface area contributed by atoms with Crippen molar-refractivity contribution in [2.45, 2.75) is 109 Å². The van der Waals surface area contributed by atoms with Gasteiger partial charge in [0, 0.05) is 37.4 Å². The molecule has 2 amide bonds. The monoisotopic (exact) mass is 511 g/mol. The molecule has 206 valence electrons. The molecule has 4 unspecified atom stereocenters. The summed E-state index contributed by atoms with van der Waals surface area (Å²) in [5, 5.41) is 14.4. The van der Waals surface area contributed by atoms with Crippen molar-refractivity contribution in [1.29, 1.82) is 0 Å². The van der Waals surface area contributed by atoms with E-state index in [2.05, 4.69) is 68.2 Å². The van der Waals surface area contributed by atoms with Crippen molar-refractivity contribution in [3.8, 4) is 0 Å². The highest BCUT2D eigenvalue weighted by Gasteiger charge is 2.62. The summed E-state index contributed by atoms with van der Waals surface area (Å²) in [7, 11) is 0. The number of piperidine rings is 1. The van der Waals surface area contributed by atoms with Gasteiger partial charge in [0.25, 0.3) is 0 Å². The van der Waals surface area contributed by atoms with E-state index in [9.17, 15) is 9.90 Å². The van der Waals surface area contributed by atoms with Gasteiger partial charge in [-0.1, -0.05) is 32.0 Å². The number of carbonyl (C=O) groups is 1. The quantitative estimate of drug-likeness (QED) is 0.463. The third-order valence-electron chi connectivity index (χ3n) is 10.2. The maximum atomic E-state index is 13.6. The van der Waals surface area contributed by atoms with Crippen molar-refractivity contribution in [3.63, 3.8) is 0 Å². The van der Waals surface area contributed by atoms with E-state index >= 15 is 0 Å². The van der Waals surface area contributed by atoms with Crippen LogP contribution in [-0.2, 0) is 4.74 Å². The molecule has 8 atom stereocenters. The summed E-state index contributed by atoms with van der Waals surface area (Å²) in [5.74, 6) is 1.99. The number of amides is 2. The van der Waals surface area contributed by atoms with Crippen molar-refractivity contribution in [2.24, 2.45) is 23.7 Å². The lowest BCUT2D eigenvalue weighted by Gasteiger charge is -2.50. The van der Waals surface area contributed by atoms with Gasteiger partial charge in [-0.2, -0.15) is 0 Å². The highest BCUT2D eigenvalue weighted by Crippen LogP contribution is 2.61. The molecule has 1 heterocycles. The Labute approximate surface area is 224 Å². The molecule has 1 aromatic carbocycles. The Balaban J connectivity index is 1.12. The fraction of sp³-hybridized carbons (Fsp3) is 0.774. The number of nitrogens with one attached hydrogen (secondary N) is 1. The summed E-state index contributed by atoms with van der Waals surface area (Å²) in [6, 6.07) is 11.1. The lowest BCUT2D eigenvalue weighted by molar-refractivity contribution is -0.127. The van der Waals surface area contributed by atoms with E-state index in [1.54, 1.807) is 0 Å². The molecule has 1 saturated heterocycles. The number of para-hydroxylation sites is 1. The highest BCUT2D eigenvalue weighted by molar-refractivity contribution is 5.75. The third kappa shape index (κ3) is 5.52. The predicted molar refractivity (Wildman–Crippen MR) is 149 cm³/mol. The summed E-state index contributed by atoms with van der Waals surface area (Å²) in [6.45, 7) is 11.5. The Morgan fingerprint density at radius 1 is 1.16 bits per heavy atom. The van der Waals surface area contributed by atoms with E-state index < -0.39 is 5.60 Å². The van der Waals surface area contributed by atoms with Gasteiger partial charge in [0.15, 0.2) is 0 Å². The second-order valence-electron chi connectivity index (χ2n) is 12.6. The Morgan fingerprint density at radius 3 is 2.54 bits per heavy atom. The Kier molecular flexibility index (Phi) is 8.07. The molecule has 4 aliphatic rings. The molecule has 1 aliphatic heterocycles. The number of ether oxygens (including phenoxy) is 1. The molecule has 1 aromatic rings. The Morgan fingerprint density at radius 2 is 1.86 bits per heavy atom. The molecular formula is C31H49N3O3. The molecular weight excluding hydrogens is 462 g/mol. The minimum atomic E-state index is -0.446. The van der Waals surface area contributed by atoms with E-state index in [1.807, 2.05) is 4.90 Å². The SMILES string of the molecule is CC[C@H](C[C@@H](C)OC1CCN(c2ccccc2)CC1)N(CC)C(=O)N[C@H]1C(C)CC2C[C@@]3(O)CC1CC23. The second-order valence-corrected chi connectivity index (χ2v) is 12.6. The molecule has 2 N–H and O–H groups in total. The van der Waals surface area contributed by atoms with Gasteiger partial charge in [-0.15, -0.1) is 0 Å². The Hall–Kier alpha value is -1.79. The summed E-state index contributed by atoms with van der Waals surface area (Å²) in [6.07, 6.45) is 8.33. The van der Waals surface area contributed by atoms with Gasteiger partial charge in [0.1, 0.15) is 0 Å². The van der Waals surface area contributed by atoms with Crippen LogP contribution in [0.5, 0.6) is 0 Å². The first-order valence-electron chi connectivity index (χ1n) is 15.1. The van der Waals surface area contributed by atoms with Crippen LogP contribution in [0, 0.1) is 23.7 Å². The molecule has 3 saturated carbocycles. The minimum Gasteiger partial charge on any atom is -0.390 e. The van der Waals surface area contributed by atoms with Gasteiger partial charge in [-0.3, -0.25) is 0 Å². The maximum Gasteiger partial charge on any atom is 0.317 e. The maximum absolute atomic E-state index is 13.6. The summed E-state index contributed by atoms with van der Waals surface area (Å²) >= 11 is 0. The van der Waals surface area contributed by atoms with E-state index in [4.69, 9.17) is 4.74 Å². The summed E-state index contributed by atoms with van der Waals surface area (Å²) < 4.78 is 6.52. The van der Waals surface area contributed by atoms with Crippen LogP contribution in [0.2, 0.25) is 0 Å². The number of carbonyl (C=O) groups excluding carboxylic acids is 1. The lowest BCUT2D eigenvalue weighted by atomic mass is 9.60. The van der Waals surface area contributed by atoms with Crippen molar-refractivity contribution in [2.75, 3.05) is 24.5 Å². The molecule has 0 spiro atoms. The number of hydrogen-bond acceptors (Lipinski definition) is 4. The number of hydrogen-bond donors (Lipinski definition) is 2. The molecule has 0 aromatic heterocycles. The zero-order valence-electron chi connectivity index (χ0n) is 23.4. The topological polar surface area (TPSA) is 65.0 Å². The standard InChI is InChI=1S/C31H49N3O3/c1-5-25(17-22(4)37-27-12-14-33(15-13-27)26-10-8-7-9-11-26)34(6-2)30(35)32-29-21(3)16-23-19-31(36)20-24(29)18-28(23)31/h7-11,21-25,27-29,36H,5-6,12-20H2,1-4H3,(H,32,35)/t21?,22-,23?,24?,25-,28?,29+,31-/m1/s1. The van der Waals surface area contributed by atoms with E-state index in [0.29, 0.717) is 30.2 Å². The molecule has 6 heteroatoms. The van der Waals surface area contributed by atoms with Gasteiger partial charge in [0.2, 0.25) is 0 Å². The highest BCUT2D eigenvalue weighted by atomic mass is 16.5. The Bertz CT molecular complexity index is 904. The van der Waals surface area contributed by atoms with Crippen molar-refractivity contribution in [1.82, 2.24) is 10.2 Å². The van der Waals surface area contributed by atoms with Crippen LogP contribution in [-0.4, -0.2) is 65.6 Å². The molecule has 3 aliphatic carbocycles. The number of aliphatic hydroxyl groups is 1. The predicted octanol–water partition coefficient (Wildman–Crippen LogP) is 5.45. The number of urea groups is 1. The largest absolute Gasteiger partial charge is 0.390 e. The third-order valence-corrected chi connectivity index (χ3v) is 10.2. The van der Waals surface area contributed by atoms with Gasteiger partial charge in [-0.25, -0.2) is 4.79 Å². The first-order valence-corrected chi connectivity index (χ1v) is 15.1. The van der Waals surface area contributed by atoms with Gasteiger partial charge >= 0.3 is 6.03 Å². The minimum absolute atomic E-state index is 0.0700. The molecule has 5 rings (SSSR count). The lowest BCUT2D eigenvalue weighted by Crippen LogP contribution is -2.56. The van der Waals surface area contributed by atoms with Crippen LogP contribution in [0.25, 0.3) is 0 Å². The van der Waals surface area contributed by atoms with Gasteiger partial charge in [-0.05, 0) is 101 Å². The second kappa shape index (κ2) is 11.1. The van der Waals surface area contributed by atoms with E-state index in [0.717, 1.165) is 64.5 Å². The number of rotatable bonds is 9. The first kappa shape index (κ1) is 26.8. The number of fused-ring (bicyclic) bond motifs is 1. The fourth-order valence-electron chi connectivity index (χ4n) is 8.37. The van der Waals surface area contributed by atoms with Gasteiger partial charge in [0.05, 0.1) is 17.8 Å². The van der Waals surface area contributed by atoms with Crippen molar-refractivity contribution < 1.29 is 14.6 Å². The van der Waals surface area contributed by atoms with Gasteiger partial charge < -0.3 is 25.0 Å². The summed E-state index contributed by atoms with van der Waals surface area (Å²) in [5.41, 5.74) is 0.853. The van der Waals surface area contributed by atoms with Crippen LogP contribution >= 0.6 is 0 Å². The van der Waals surface area contributed by atoms with Crippen LogP contribution < -0.4 is 10.2 Å². The van der Waals surface area contributed by atoms with Crippen LogP contribution in [0.1, 0.15) is 79.1 Å². The molecule has 6 nitrogen and oxygen atoms in total. The zero-order chi connectivity index (χ0) is 26.2. The smallest absolute Gasteiger partial charge is 0.317 e. The molecule has 0 radical (unpaired) electrons. The fourth-order valence-corrected chi connectivity index (χ4v) is 8.37. The van der Waals surface area contributed by atoms with E-state index in [-0.39, 0.29) is 30.3 Å². The zero-order valence-corrected chi connectivity index (χ0v) is 23.4. The van der Waals surface area contributed by atoms with Crippen LogP contribution in [0.15, 0.2) is 30.3 Å². The molecule has 2 bridgehead atoms. The van der Waals surface area contributed by atoms with Crippen LogP contribution in [0.3, 0.4) is 0 Å². The number of anilines is 1. The van der Waals surface area contributed by atoms with Crippen molar-refractivity contribution in [3.05, 3.63) is 30.3 Å². The number of nitrogens with zero attached hydrogens (tertiary/aromatic N) is 2.